The zero-order valence-corrected chi connectivity index (χ0v) is 21.8. The van der Waals surface area contributed by atoms with E-state index in [0.29, 0.717) is 23.3 Å². The molecule has 0 radical (unpaired) electrons. The highest BCUT2D eigenvalue weighted by Crippen LogP contribution is 2.31. The molecular weight excluding hydrogens is 504 g/mol. The molecule has 1 aliphatic rings. The van der Waals surface area contributed by atoms with Crippen LogP contribution in [0.15, 0.2) is 103 Å². The van der Waals surface area contributed by atoms with Gasteiger partial charge < -0.3 is 9.84 Å². The van der Waals surface area contributed by atoms with Crippen LogP contribution in [0.4, 0.5) is 0 Å². The van der Waals surface area contributed by atoms with Crippen LogP contribution in [0.25, 0.3) is 11.1 Å². The molecule has 6 nitrogen and oxygen atoms in total. The van der Waals surface area contributed by atoms with Gasteiger partial charge in [-0.15, -0.1) is 0 Å². The predicted octanol–water partition coefficient (Wildman–Crippen LogP) is 6.68. The Morgan fingerprint density at radius 3 is 1.85 bits per heavy atom. The summed E-state index contributed by atoms with van der Waals surface area (Å²) in [6.45, 7) is 0.481. The number of fused-ring (bicyclic) bond motifs is 1. The maximum absolute atomic E-state index is 12.9. The lowest BCUT2D eigenvalue weighted by molar-refractivity contribution is -0.142. The maximum Gasteiger partial charge on any atom is 0.306 e. The molecule has 1 unspecified atom stereocenters. The van der Waals surface area contributed by atoms with Crippen molar-refractivity contribution in [3.8, 4) is 16.9 Å². The van der Waals surface area contributed by atoms with E-state index in [-0.39, 0.29) is 36.6 Å². The van der Waals surface area contributed by atoms with Gasteiger partial charge >= 0.3 is 5.97 Å². The average molecular weight is 533 g/mol. The van der Waals surface area contributed by atoms with Crippen molar-refractivity contribution in [1.82, 2.24) is 0 Å². The Kier molecular flexibility index (Phi) is 7.97. The van der Waals surface area contributed by atoms with Crippen LogP contribution < -0.4 is 4.74 Å². The summed E-state index contributed by atoms with van der Waals surface area (Å²) >= 11 is 0. The van der Waals surface area contributed by atoms with Gasteiger partial charge in [-0.25, -0.2) is 0 Å². The van der Waals surface area contributed by atoms with E-state index in [2.05, 4.69) is 0 Å². The molecule has 0 saturated carbocycles. The van der Waals surface area contributed by atoms with E-state index in [1.807, 2.05) is 66.7 Å². The minimum Gasteiger partial charge on any atom is -0.489 e. The van der Waals surface area contributed by atoms with Crippen molar-refractivity contribution in [3.05, 3.63) is 125 Å². The molecule has 0 spiro atoms. The van der Waals surface area contributed by atoms with Crippen LogP contribution in [-0.4, -0.2) is 28.4 Å². The van der Waals surface area contributed by atoms with Crippen molar-refractivity contribution in [3.63, 3.8) is 0 Å². The van der Waals surface area contributed by atoms with Gasteiger partial charge in [-0.2, -0.15) is 0 Å². The van der Waals surface area contributed by atoms with Crippen LogP contribution >= 0.6 is 0 Å². The van der Waals surface area contributed by atoms with Crippen LogP contribution in [-0.2, 0) is 11.4 Å². The Morgan fingerprint density at radius 1 is 0.725 bits per heavy atom. The number of hydrogen-bond acceptors (Lipinski definition) is 5. The van der Waals surface area contributed by atoms with Crippen molar-refractivity contribution in [2.45, 2.75) is 25.9 Å². The highest BCUT2D eigenvalue weighted by atomic mass is 16.5. The first kappa shape index (κ1) is 26.8. The summed E-state index contributed by atoms with van der Waals surface area (Å²) in [5.74, 6) is -3.08. The quantitative estimate of drug-likeness (QED) is 0.171. The fraction of sp³-hybridized carbons (Fsp3) is 0.176. The second kappa shape index (κ2) is 11.9. The summed E-state index contributed by atoms with van der Waals surface area (Å²) in [5.41, 5.74) is 4.14. The van der Waals surface area contributed by atoms with Gasteiger partial charge in [-0.1, -0.05) is 91.0 Å². The number of carboxylic acid groups (broad SMARTS) is 1. The second-order valence-electron chi connectivity index (χ2n) is 9.94. The van der Waals surface area contributed by atoms with E-state index in [1.54, 1.807) is 36.4 Å². The first-order valence-corrected chi connectivity index (χ1v) is 13.2. The van der Waals surface area contributed by atoms with Gasteiger partial charge in [0.15, 0.2) is 17.3 Å². The summed E-state index contributed by atoms with van der Waals surface area (Å²) in [5, 5.41) is 9.73. The molecule has 0 heterocycles. The van der Waals surface area contributed by atoms with Gasteiger partial charge in [-0.3, -0.25) is 19.2 Å². The molecule has 0 aliphatic heterocycles. The Morgan fingerprint density at radius 2 is 1.27 bits per heavy atom. The van der Waals surface area contributed by atoms with Crippen LogP contribution in [0.2, 0.25) is 0 Å². The molecule has 1 atom stereocenters. The molecule has 0 saturated heterocycles. The van der Waals surface area contributed by atoms with Crippen LogP contribution in [0.1, 0.15) is 55.9 Å². The molecule has 200 valence electrons. The van der Waals surface area contributed by atoms with Crippen LogP contribution in [0, 0.1) is 11.8 Å². The molecule has 4 aromatic rings. The average Bonchev–Trinajstić information content (AvgIpc) is 3.23. The predicted molar refractivity (Wildman–Crippen MR) is 151 cm³/mol. The lowest BCUT2D eigenvalue weighted by Crippen LogP contribution is -2.22. The van der Waals surface area contributed by atoms with E-state index >= 15 is 0 Å². The van der Waals surface area contributed by atoms with Crippen molar-refractivity contribution < 1.29 is 29.0 Å². The smallest absolute Gasteiger partial charge is 0.306 e. The number of ether oxygens (including phenoxy) is 1. The van der Waals surface area contributed by atoms with E-state index in [4.69, 9.17) is 4.74 Å². The van der Waals surface area contributed by atoms with E-state index < -0.39 is 17.8 Å². The molecular formula is C34H28O6. The SMILES string of the molecule is O=C(CC(CCC1C(=O)c2ccccc2C1=O)C(=O)O)c1ccc(-c2ccc(OCc3ccccc3)cc2)cc1. The van der Waals surface area contributed by atoms with Gasteiger partial charge in [-0.05, 0) is 41.7 Å². The molecule has 1 aliphatic carbocycles. The third kappa shape index (κ3) is 5.91. The normalized spacial score (nSPS) is 13.6. The summed E-state index contributed by atoms with van der Waals surface area (Å²) in [4.78, 5) is 50.1. The number of rotatable bonds is 11. The topological polar surface area (TPSA) is 97.7 Å². The van der Waals surface area contributed by atoms with Gasteiger partial charge in [0.2, 0.25) is 0 Å². The van der Waals surface area contributed by atoms with Gasteiger partial charge in [0.05, 0.1) is 11.8 Å². The molecule has 1 N–H and O–H groups in total. The Labute approximate surface area is 232 Å². The van der Waals surface area contributed by atoms with Crippen molar-refractivity contribution in [2.24, 2.45) is 11.8 Å². The summed E-state index contributed by atoms with van der Waals surface area (Å²) in [6, 6.07) is 31.3. The Balaban J connectivity index is 1.17. The lowest BCUT2D eigenvalue weighted by atomic mass is 9.88. The summed E-state index contributed by atoms with van der Waals surface area (Å²) in [7, 11) is 0. The number of carbonyl (C=O) groups excluding carboxylic acids is 3. The molecule has 5 rings (SSSR count). The molecule has 0 amide bonds. The number of benzene rings is 4. The number of carbonyl (C=O) groups is 4. The molecule has 4 aromatic carbocycles. The number of hydrogen-bond donors (Lipinski definition) is 1. The summed E-state index contributed by atoms with van der Waals surface area (Å²) in [6.07, 6.45) is -0.0429. The van der Waals surface area contributed by atoms with Crippen molar-refractivity contribution >= 4 is 23.3 Å². The number of ketones is 3. The fourth-order valence-corrected chi connectivity index (χ4v) is 5.02. The van der Waals surface area contributed by atoms with Gasteiger partial charge in [0.25, 0.3) is 0 Å². The van der Waals surface area contributed by atoms with Gasteiger partial charge in [0.1, 0.15) is 12.4 Å². The first-order chi connectivity index (χ1) is 19.4. The minimum absolute atomic E-state index is 0.0635. The molecule has 0 aromatic heterocycles. The highest BCUT2D eigenvalue weighted by molar-refractivity contribution is 6.26. The molecule has 0 fully saturated rings. The monoisotopic (exact) mass is 532 g/mol. The van der Waals surface area contributed by atoms with Crippen molar-refractivity contribution in [2.75, 3.05) is 0 Å². The summed E-state index contributed by atoms with van der Waals surface area (Å²) < 4.78 is 5.84. The second-order valence-corrected chi connectivity index (χ2v) is 9.94. The van der Waals surface area contributed by atoms with E-state index in [9.17, 15) is 24.3 Å². The Hall–Kier alpha value is -4.84. The molecule has 0 bridgehead atoms. The maximum atomic E-state index is 12.9. The number of aliphatic carboxylic acids is 1. The molecule has 40 heavy (non-hydrogen) atoms. The third-order valence-corrected chi connectivity index (χ3v) is 7.32. The highest BCUT2D eigenvalue weighted by Gasteiger charge is 2.38. The first-order valence-electron chi connectivity index (χ1n) is 13.2. The largest absolute Gasteiger partial charge is 0.489 e. The van der Waals surface area contributed by atoms with Crippen LogP contribution in [0.3, 0.4) is 0 Å². The zero-order valence-electron chi connectivity index (χ0n) is 21.8. The standard InChI is InChI=1S/C34H28O6/c35-31(20-26(34(38)39)16-19-30-32(36)28-8-4-5-9-29(28)33(30)37)25-12-10-23(11-13-25)24-14-17-27(18-15-24)40-21-22-6-2-1-3-7-22/h1-15,17-18,26,30H,16,19-21H2,(H,38,39). The minimum atomic E-state index is -1.12. The number of carboxylic acids is 1. The lowest BCUT2D eigenvalue weighted by Gasteiger charge is -2.14. The van der Waals surface area contributed by atoms with E-state index in [1.165, 1.54) is 0 Å². The van der Waals surface area contributed by atoms with Crippen molar-refractivity contribution in [1.29, 1.82) is 0 Å². The van der Waals surface area contributed by atoms with Crippen LogP contribution in [0.5, 0.6) is 5.75 Å². The van der Waals surface area contributed by atoms with E-state index in [0.717, 1.165) is 22.4 Å². The Bertz CT molecular complexity index is 1500. The molecule has 6 heteroatoms. The third-order valence-electron chi connectivity index (χ3n) is 7.32. The van der Waals surface area contributed by atoms with Gasteiger partial charge in [0, 0.05) is 23.1 Å². The fourth-order valence-electron chi connectivity index (χ4n) is 5.02. The zero-order chi connectivity index (χ0) is 28.1. The number of Topliss-reactive ketones (excluding diaryl/α,β-unsaturated/α-hetero) is 3.